The van der Waals surface area contributed by atoms with Gasteiger partial charge in [0.25, 0.3) is 0 Å². The number of anilines is 3. The van der Waals surface area contributed by atoms with E-state index in [1.165, 1.54) is 5.56 Å². The van der Waals surface area contributed by atoms with E-state index >= 15 is 0 Å². The molecule has 0 aliphatic heterocycles. The van der Waals surface area contributed by atoms with Crippen molar-refractivity contribution in [2.24, 2.45) is 0 Å². The Kier molecular flexibility index (Phi) is 4.48. The van der Waals surface area contributed by atoms with E-state index in [2.05, 4.69) is 18.3 Å². The molecule has 0 saturated heterocycles. The van der Waals surface area contributed by atoms with Gasteiger partial charge in [0.2, 0.25) is 0 Å². The molecule has 0 aliphatic rings. The first-order valence-corrected chi connectivity index (χ1v) is 6.92. The zero-order valence-electron chi connectivity index (χ0n) is 12.6. The van der Waals surface area contributed by atoms with E-state index in [-0.39, 0.29) is 5.97 Å². The quantitative estimate of drug-likeness (QED) is 0.662. The molecule has 2 aromatic carbocycles. The van der Waals surface area contributed by atoms with Crippen LogP contribution >= 0.6 is 0 Å². The minimum atomic E-state index is -0.346. The molecule has 0 fully saturated rings. The minimum absolute atomic E-state index is 0.346. The molecule has 0 aliphatic carbocycles. The Morgan fingerprint density at radius 2 is 1.95 bits per heavy atom. The molecule has 0 unspecified atom stereocenters. The molecule has 0 radical (unpaired) electrons. The van der Waals surface area contributed by atoms with Gasteiger partial charge in [-0.25, -0.2) is 4.79 Å². The van der Waals surface area contributed by atoms with Crippen molar-refractivity contribution in [3.8, 4) is 0 Å². The smallest absolute Gasteiger partial charge is 0.338 e. The molecule has 4 heteroatoms. The molecule has 110 valence electrons. The molecule has 0 atom stereocenters. The van der Waals surface area contributed by atoms with Crippen molar-refractivity contribution in [2.45, 2.75) is 20.8 Å². The minimum Gasteiger partial charge on any atom is -0.462 e. The second-order valence-corrected chi connectivity index (χ2v) is 4.89. The highest BCUT2D eigenvalue weighted by Gasteiger charge is 2.10. The van der Waals surface area contributed by atoms with Crippen LogP contribution in [0.1, 0.15) is 28.4 Å². The second kappa shape index (κ2) is 6.31. The summed E-state index contributed by atoms with van der Waals surface area (Å²) in [7, 11) is 0. The third-order valence-electron chi connectivity index (χ3n) is 3.44. The number of aryl methyl sites for hydroxylation is 1. The van der Waals surface area contributed by atoms with Crippen molar-refractivity contribution in [1.29, 1.82) is 0 Å². The predicted octanol–water partition coefficient (Wildman–Crippen LogP) is 3.81. The summed E-state index contributed by atoms with van der Waals surface area (Å²) in [5, 5.41) is 3.29. The lowest BCUT2D eigenvalue weighted by atomic mass is 10.1. The van der Waals surface area contributed by atoms with Crippen molar-refractivity contribution in [2.75, 3.05) is 17.7 Å². The number of nitrogens with two attached hydrogens (primary N) is 1. The van der Waals surface area contributed by atoms with Crippen molar-refractivity contribution in [3.05, 3.63) is 53.1 Å². The van der Waals surface area contributed by atoms with E-state index in [4.69, 9.17) is 10.5 Å². The number of nitrogens with one attached hydrogen (secondary N) is 1. The van der Waals surface area contributed by atoms with Gasteiger partial charge in [-0.3, -0.25) is 0 Å². The topological polar surface area (TPSA) is 64.3 Å². The van der Waals surface area contributed by atoms with Gasteiger partial charge in [-0.2, -0.15) is 0 Å². The standard InChI is InChI=1S/C17H20N2O2/c1-4-21-17(20)13-8-9-14(18)16(10-13)19-15-7-5-6-11(2)12(15)3/h5-10,19H,4,18H2,1-3H3. The molecular formula is C17H20N2O2. The Balaban J connectivity index is 2.33. The van der Waals surface area contributed by atoms with Gasteiger partial charge in [-0.15, -0.1) is 0 Å². The lowest BCUT2D eigenvalue weighted by molar-refractivity contribution is 0.0526. The van der Waals surface area contributed by atoms with E-state index in [1.807, 2.05) is 19.1 Å². The number of hydrogen-bond acceptors (Lipinski definition) is 4. The molecule has 4 nitrogen and oxygen atoms in total. The average molecular weight is 284 g/mol. The normalized spacial score (nSPS) is 10.2. The van der Waals surface area contributed by atoms with Gasteiger partial charge in [0.1, 0.15) is 0 Å². The third-order valence-corrected chi connectivity index (χ3v) is 3.44. The monoisotopic (exact) mass is 284 g/mol. The number of benzene rings is 2. The first-order valence-electron chi connectivity index (χ1n) is 6.92. The highest BCUT2D eigenvalue weighted by molar-refractivity contribution is 5.92. The maximum atomic E-state index is 11.8. The number of carbonyl (C=O) groups is 1. The molecule has 0 aromatic heterocycles. The molecule has 0 saturated carbocycles. The number of nitrogen functional groups attached to an aromatic ring is 1. The van der Waals surface area contributed by atoms with Crippen molar-refractivity contribution in [1.82, 2.24) is 0 Å². The predicted molar refractivity (Wildman–Crippen MR) is 86.0 cm³/mol. The van der Waals surface area contributed by atoms with Gasteiger partial charge in [-0.1, -0.05) is 12.1 Å². The zero-order valence-corrected chi connectivity index (χ0v) is 12.6. The van der Waals surface area contributed by atoms with Crippen LogP contribution in [0.3, 0.4) is 0 Å². The summed E-state index contributed by atoms with van der Waals surface area (Å²) in [5.74, 6) is -0.346. The van der Waals surface area contributed by atoms with Crippen LogP contribution in [0.4, 0.5) is 17.1 Å². The fraction of sp³-hybridized carbons (Fsp3) is 0.235. The Bertz CT molecular complexity index is 666. The molecule has 21 heavy (non-hydrogen) atoms. The van der Waals surface area contributed by atoms with Gasteiger partial charge < -0.3 is 15.8 Å². The number of ether oxygens (including phenoxy) is 1. The van der Waals surface area contributed by atoms with Crippen molar-refractivity contribution in [3.63, 3.8) is 0 Å². The summed E-state index contributed by atoms with van der Waals surface area (Å²) in [4.78, 5) is 11.8. The zero-order chi connectivity index (χ0) is 15.4. The molecule has 0 heterocycles. The Morgan fingerprint density at radius 1 is 1.19 bits per heavy atom. The summed E-state index contributed by atoms with van der Waals surface area (Å²) in [6.45, 7) is 6.23. The molecule has 0 amide bonds. The van der Waals surface area contributed by atoms with Gasteiger partial charge >= 0.3 is 5.97 Å². The Morgan fingerprint density at radius 3 is 2.67 bits per heavy atom. The molecule has 3 N–H and O–H groups in total. The summed E-state index contributed by atoms with van der Waals surface area (Å²) in [6, 6.07) is 11.1. The van der Waals surface area contributed by atoms with Crippen molar-refractivity contribution >= 4 is 23.0 Å². The maximum absolute atomic E-state index is 11.8. The summed E-state index contributed by atoms with van der Waals surface area (Å²) in [5.41, 5.74) is 11.1. The van der Waals surface area contributed by atoms with E-state index in [9.17, 15) is 4.79 Å². The van der Waals surface area contributed by atoms with Crippen LogP contribution in [0, 0.1) is 13.8 Å². The molecule has 0 bridgehead atoms. The van der Waals surface area contributed by atoms with Crippen LogP contribution in [-0.2, 0) is 4.74 Å². The van der Waals surface area contributed by atoms with Crippen LogP contribution in [-0.4, -0.2) is 12.6 Å². The van der Waals surface area contributed by atoms with Crippen LogP contribution in [0.5, 0.6) is 0 Å². The highest BCUT2D eigenvalue weighted by atomic mass is 16.5. The number of hydrogen-bond donors (Lipinski definition) is 2. The van der Waals surface area contributed by atoms with E-state index in [0.717, 1.165) is 11.3 Å². The van der Waals surface area contributed by atoms with Gasteiger partial charge in [0.15, 0.2) is 0 Å². The first kappa shape index (κ1) is 14.9. The van der Waals surface area contributed by atoms with Gasteiger partial charge in [0.05, 0.1) is 23.5 Å². The summed E-state index contributed by atoms with van der Waals surface area (Å²) < 4.78 is 5.01. The number of rotatable bonds is 4. The Labute approximate surface area is 124 Å². The average Bonchev–Trinajstić information content (AvgIpc) is 2.46. The van der Waals surface area contributed by atoms with E-state index in [1.54, 1.807) is 25.1 Å². The summed E-state index contributed by atoms with van der Waals surface area (Å²) in [6.07, 6.45) is 0. The van der Waals surface area contributed by atoms with E-state index in [0.29, 0.717) is 23.5 Å². The van der Waals surface area contributed by atoms with E-state index < -0.39 is 0 Å². The van der Waals surface area contributed by atoms with Crippen LogP contribution in [0.2, 0.25) is 0 Å². The molecule has 0 spiro atoms. The first-order chi connectivity index (χ1) is 10.0. The summed E-state index contributed by atoms with van der Waals surface area (Å²) >= 11 is 0. The third kappa shape index (κ3) is 3.34. The second-order valence-electron chi connectivity index (χ2n) is 4.89. The lowest BCUT2D eigenvalue weighted by Gasteiger charge is -2.14. The van der Waals surface area contributed by atoms with Crippen LogP contribution in [0.15, 0.2) is 36.4 Å². The number of carbonyl (C=O) groups excluding carboxylic acids is 1. The highest BCUT2D eigenvalue weighted by Crippen LogP contribution is 2.27. The molecule has 2 rings (SSSR count). The fourth-order valence-electron chi connectivity index (χ4n) is 2.04. The molecular weight excluding hydrogens is 264 g/mol. The van der Waals surface area contributed by atoms with Gasteiger partial charge in [-0.05, 0) is 56.2 Å². The SMILES string of the molecule is CCOC(=O)c1ccc(N)c(Nc2cccc(C)c2C)c1. The lowest BCUT2D eigenvalue weighted by Crippen LogP contribution is -2.06. The van der Waals surface area contributed by atoms with Crippen LogP contribution < -0.4 is 11.1 Å². The Hall–Kier alpha value is -2.49. The fourth-order valence-corrected chi connectivity index (χ4v) is 2.04. The maximum Gasteiger partial charge on any atom is 0.338 e. The van der Waals surface area contributed by atoms with Crippen molar-refractivity contribution < 1.29 is 9.53 Å². The van der Waals surface area contributed by atoms with Crippen LogP contribution in [0.25, 0.3) is 0 Å². The largest absolute Gasteiger partial charge is 0.462 e. The molecule has 2 aromatic rings. The number of esters is 1. The van der Waals surface area contributed by atoms with Gasteiger partial charge in [0, 0.05) is 5.69 Å².